The Morgan fingerprint density at radius 3 is 2.64 bits per heavy atom. The summed E-state index contributed by atoms with van der Waals surface area (Å²) < 4.78 is 10.8. The summed E-state index contributed by atoms with van der Waals surface area (Å²) in [4.78, 5) is 28.6. The third kappa shape index (κ3) is 4.07. The van der Waals surface area contributed by atoms with Gasteiger partial charge in [-0.15, -0.1) is 0 Å². The molecule has 0 aliphatic carbocycles. The van der Waals surface area contributed by atoms with Crippen molar-refractivity contribution in [2.45, 2.75) is 13.0 Å². The zero-order valence-electron chi connectivity index (χ0n) is 16.1. The Morgan fingerprint density at radius 1 is 1.21 bits per heavy atom. The van der Waals surface area contributed by atoms with Crippen LogP contribution in [0.25, 0.3) is 0 Å². The smallest absolute Gasteiger partial charge is 0.228 e. The highest BCUT2D eigenvalue weighted by molar-refractivity contribution is 6.31. The molecule has 148 valence electrons. The molecule has 0 saturated carbocycles. The Labute approximate surface area is 169 Å². The number of nitrogens with zero attached hydrogens (tertiary/aromatic N) is 2. The number of anilines is 1. The Kier molecular flexibility index (Phi) is 6.09. The van der Waals surface area contributed by atoms with Crippen LogP contribution in [0, 0.1) is 5.92 Å². The first-order chi connectivity index (χ1) is 13.4. The first-order valence-corrected chi connectivity index (χ1v) is 9.33. The number of benzene rings is 2. The van der Waals surface area contributed by atoms with Gasteiger partial charge in [-0.2, -0.15) is 0 Å². The van der Waals surface area contributed by atoms with Crippen molar-refractivity contribution < 1.29 is 19.1 Å². The van der Waals surface area contributed by atoms with E-state index in [2.05, 4.69) is 0 Å². The monoisotopic (exact) mass is 402 g/mol. The summed E-state index contributed by atoms with van der Waals surface area (Å²) in [6.07, 6.45) is 0.185. The highest BCUT2D eigenvalue weighted by Crippen LogP contribution is 2.32. The summed E-state index contributed by atoms with van der Waals surface area (Å²) in [5.41, 5.74) is 1.55. The maximum Gasteiger partial charge on any atom is 0.228 e. The molecule has 2 aromatic carbocycles. The lowest BCUT2D eigenvalue weighted by atomic mass is 10.1. The van der Waals surface area contributed by atoms with Crippen LogP contribution in [0.3, 0.4) is 0 Å². The molecule has 0 aromatic heterocycles. The van der Waals surface area contributed by atoms with Crippen LogP contribution in [0.15, 0.2) is 42.5 Å². The molecule has 1 fully saturated rings. The van der Waals surface area contributed by atoms with Gasteiger partial charge in [-0.05, 0) is 24.3 Å². The zero-order valence-corrected chi connectivity index (χ0v) is 16.9. The van der Waals surface area contributed by atoms with E-state index in [1.165, 1.54) is 0 Å². The number of methoxy groups -OCH3 is 2. The molecule has 0 bridgehead atoms. The number of ether oxygens (including phenoxy) is 2. The van der Waals surface area contributed by atoms with Gasteiger partial charge < -0.3 is 19.3 Å². The van der Waals surface area contributed by atoms with Crippen LogP contribution in [0.5, 0.6) is 11.5 Å². The van der Waals surface area contributed by atoms with Crippen LogP contribution in [-0.2, 0) is 16.1 Å². The summed E-state index contributed by atoms with van der Waals surface area (Å²) >= 11 is 6.03. The van der Waals surface area contributed by atoms with Crippen molar-refractivity contribution in [2.24, 2.45) is 5.92 Å². The summed E-state index contributed by atoms with van der Waals surface area (Å²) in [6.45, 7) is 0.707. The molecule has 1 atom stereocenters. The lowest BCUT2D eigenvalue weighted by Gasteiger charge is -2.23. The van der Waals surface area contributed by atoms with E-state index in [4.69, 9.17) is 21.1 Å². The molecular formula is C21H23ClN2O4. The molecule has 7 heteroatoms. The van der Waals surface area contributed by atoms with Crippen molar-refractivity contribution in [1.29, 1.82) is 0 Å². The van der Waals surface area contributed by atoms with Gasteiger partial charge in [0.1, 0.15) is 0 Å². The minimum Gasteiger partial charge on any atom is -0.493 e. The van der Waals surface area contributed by atoms with Crippen molar-refractivity contribution >= 4 is 29.1 Å². The summed E-state index contributed by atoms with van der Waals surface area (Å²) in [5.74, 6) is 0.667. The number of amides is 2. The third-order valence-corrected chi connectivity index (χ3v) is 5.10. The highest BCUT2D eigenvalue weighted by Gasteiger charge is 2.36. The molecule has 3 rings (SSSR count). The second-order valence-electron chi connectivity index (χ2n) is 6.73. The van der Waals surface area contributed by atoms with Crippen LogP contribution < -0.4 is 14.4 Å². The Bertz CT molecular complexity index is 886. The van der Waals surface area contributed by atoms with E-state index in [0.717, 1.165) is 5.56 Å². The predicted molar refractivity (Wildman–Crippen MR) is 108 cm³/mol. The van der Waals surface area contributed by atoms with Crippen LogP contribution in [-0.4, -0.2) is 44.5 Å². The van der Waals surface area contributed by atoms with Crippen molar-refractivity contribution in [2.75, 3.05) is 32.7 Å². The van der Waals surface area contributed by atoms with Gasteiger partial charge in [-0.25, -0.2) is 0 Å². The Balaban J connectivity index is 1.72. The second kappa shape index (κ2) is 8.52. The number of rotatable bonds is 6. The molecule has 1 saturated heterocycles. The van der Waals surface area contributed by atoms with Gasteiger partial charge in [0.25, 0.3) is 0 Å². The molecule has 0 N–H and O–H groups in total. The topological polar surface area (TPSA) is 59.1 Å². The molecule has 1 aliphatic heterocycles. The minimum absolute atomic E-state index is 0.0759. The summed E-state index contributed by atoms with van der Waals surface area (Å²) in [6, 6.07) is 12.7. The normalized spacial score (nSPS) is 16.2. The van der Waals surface area contributed by atoms with Gasteiger partial charge in [-0.3, -0.25) is 9.59 Å². The molecule has 1 aliphatic rings. The average molecular weight is 403 g/mol. The molecule has 1 heterocycles. The van der Waals surface area contributed by atoms with Crippen LogP contribution in [0.1, 0.15) is 12.0 Å². The maximum atomic E-state index is 12.9. The predicted octanol–water partition coefficient (Wildman–Crippen LogP) is 3.37. The van der Waals surface area contributed by atoms with E-state index in [0.29, 0.717) is 35.3 Å². The quantitative estimate of drug-likeness (QED) is 0.743. The first-order valence-electron chi connectivity index (χ1n) is 8.95. The molecule has 6 nitrogen and oxygen atoms in total. The van der Waals surface area contributed by atoms with E-state index in [9.17, 15) is 9.59 Å². The largest absolute Gasteiger partial charge is 0.493 e. The van der Waals surface area contributed by atoms with Gasteiger partial charge in [0, 0.05) is 42.8 Å². The number of hydrogen-bond donors (Lipinski definition) is 0. The van der Waals surface area contributed by atoms with Crippen molar-refractivity contribution in [1.82, 2.24) is 4.90 Å². The standard InChI is InChI=1S/C21H23ClN2O4/c1-23(12-14-6-4-9-18(27-2)20(14)28-3)21(26)15-10-19(25)24(13-15)17-8-5-7-16(22)11-17/h4-9,11,15H,10,12-13H2,1-3H3. The fourth-order valence-corrected chi connectivity index (χ4v) is 3.67. The number of carbonyl (C=O) groups is 2. The molecule has 0 radical (unpaired) electrons. The Morgan fingerprint density at radius 2 is 1.96 bits per heavy atom. The number of hydrogen-bond acceptors (Lipinski definition) is 4. The summed E-state index contributed by atoms with van der Waals surface area (Å²) in [7, 11) is 4.88. The molecule has 2 aromatic rings. The molecule has 2 amide bonds. The van der Waals surface area contributed by atoms with E-state index < -0.39 is 5.92 Å². The van der Waals surface area contributed by atoms with Crippen molar-refractivity contribution in [3.05, 3.63) is 53.1 Å². The van der Waals surface area contributed by atoms with Gasteiger partial charge in [0.05, 0.1) is 20.1 Å². The Hall–Kier alpha value is -2.73. The van der Waals surface area contributed by atoms with E-state index in [1.54, 1.807) is 49.3 Å². The van der Waals surface area contributed by atoms with E-state index >= 15 is 0 Å². The number of halogens is 1. The lowest BCUT2D eigenvalue weighted by molar-refractivity contribution is -0.135. The molecule has 0 spiro atoms. The minimum atomic E-state index is -0.395. The lowest BCUT2D eigenvalue weighted by Crippen LogP contribution is -2.34. The van der Waals surface area contributed by atoms with Gasteiger partial charge >= 0.3 is 0 Å². The second-order valence-corrected chi connectivity index (χ2v) is 7.17. The molecular weight excluding hydrogens is 380 g/mol. The van der Waals surface area contributed by atoms with Crippen LogP contribution >= 0.6 is 11.6 Å². The number of para-hydroxylation sites is 1. The van der Waals surface area contributed by atoms with Gasteiger partial charge in [-0.1, -0.05) is 29.8 Å². The molecule has 1 unspecified atom stereocenters. The average Bonchev–Trinajstić information content (AvgIpc) is 3.08. The highest BCUT2D eigenvalue weighted by atomic mass is 35.5. The zero-order chi connectivity index (χ0) is 20.3. The third-order valence-electron chi connectivity index (χ3n) is 4.86. The summed E-state index contributed by atoms with van der Waals surface area (Å²) in [5, 5.41) is 0.558. The van der Waals surface area contributed by atoms with Crippen LogP contribution in [0.2, 0.25) is 5.02 Å². The first kappa shape index (κ1) is 20.0. The van der Waals surface area contributed by atoms with Gasteiger partial charge in [0.15, 0.2) is 11.5 Å². The maximum absolute atomic E-state index is 12.9. The SMILES string of the molecule is COc1cccc(CN(C)C(=O)C2CC(=O)N(c3cccc(Cl)c3)C2)c1OC. The fourth-order valence-electron chi connectivity index (χ4n) is 3.49. The van der Waals surface area contributed by atoms with Gasteiger partial charge in [0.2, 0.25) is 11.8 Å². The number of carbonyl (C=O) groups excluding carboxylic acids is 2. The fraction of sp³-hybridized carbons (Fsp3) is 0.333. The van der Waals surface area contributed by atoms with E-state index in [1.807, 2.05) is 24.3 Å². The van der Waals surface area contributed by atoms with Crippen molar-refractivity contribution in [3.63, 3.8) is 0 Å². The van der Waals surface area contributed by atoms with Crippen molar-refractivity contribution in [3.8, 4) is 11.5 Å². The molecule has 28 heavy (non-hydrogen) atoms. The van der Waals surface area contributed by atoms with E-state index in [-0.39, 0.29) is 18.2 Å². The van der Waals surface area contributed by atoms with Crippen LogP contribution in [0.4, 0.5) is 5.69 Å².